The Bertz CT molecular complexity index is 686. The van der Waals surface area contributed by atoms with Gasteiger partial charge in [-0.15, -0.1) is 0 Å². The monoisotopic (exact) mass is 273 g/mol. The first-order valence-corrected chi connectivity index (χ1v) is 6.60. The molecular formula is C15H16FN3O. The second-order valence-corrected chi connectivity index (χ2v) is 5.31. The van der Waals surface area contributed by atoms with Gasteiger partial charge in [-0.2, -0.15) is 0 Å². The summed E-state index contributed by atoms with van der Waals surface area (Å²) in [5.41, 5.74) is 1.67. The smallest absolute Gasteiger partial charge is 0.224 e. The molecule has 0 aliphatic carbocycles. The Labute approximate surface area is 116 Å². The van der Waals surface area contributed by atoms with Crippen LogP contribution in [0.2, 0.25) is 0 Å². The van der Waals surface area contributed by atoms with Crippen LogP contribution < -0.4 is 5.32 Å². The number of likely N-dealkylation sites (N-methyl/N-ethyl adjacent to an activating group) is 1. The number of carbonyl (C=O) groups is 1. The van der Waals surface area contributed by atoms with Crippen molar-refractivity contribution in [1.29, 1.82) is 0 Å². The highest BCUT2D eigenvalue weighted by Crippen LogP contribution is 2.22. The van der Waals surface area contributed by atoms with E-state index in [0.29, 0.717) is 24.3 Å². The highest BCUT2D eigenvalue weighted by Gasteiger charge is 2.26. The number of carbonyl (C=O) groups excluding carboxylic acids is 1. The van der Waals surface area contributed by atoms with Gasteiger partial charge in [-0.25, -0.2) is 9.37 Å². The highest BCUT2D eigenvalue weighted by atomic mass is 19.1. The Balaban J connectivity index is 1.91. The maximum Gasteiger partial charge on any atom is 0.224 e. The third-order valence-corrected chi connectivity index (χ3v) is 3.67. The summed E-state index contributed by atoms with van der Waals surface area (Å²) >= 11 is 0. The van der Waals surface area contributed by atoms with Crippen molar-refractivity contribution in [3.63, 3.8) is 0 Å². The number of nitrogens with one attached hydrogen (secondary N) is 1. The van der Waals surface area contributed by atoms with Crippen molar-refractivity contribution in [2.24, 2.45) is 0 Å². The van der Waals surface area contributed by atoms with Crippen LogP contribution in [0, 0.1) is 12.7 Å². The zero-order valence-corrected chi connectivity index (χ0v) is 11.5. The second-order valence-electron chi connectivity index (χ2n) is 5.31. The molecule has 104 valence electrons. The first-order valence-electron chi connectivity index (χ1n) is 6.60. The van der Waals surface area contributed by atoms with Gasteiger partial charge in [0.05, 0.1) is 11.6 Å². The molecule has 0 bridgehead atoms. The normalized spacial score (nSPS) is 18.9. The largest absolute Gasteiger partial charge is 0.365 e. The molecule has 3 rings (SSSR count). The van der Waals surface area contributed by atoms with Gasteiger partial charge >= 0.3 is 0 Å². The summed E-state index contributed by atoms with van der Waals surface area (Å²) < 4.78 is 13.3. The molecule has 1 unspecified atom stereocenters. The number of likely N-dealkylation sites (tertiary alicyclic amines) is 1. The van der Waals surface area contributed by atoms with E-state index in [4.69, 9.17) is 0 Å². The van der Waals surface area contributed by atoms with Gasteiger partial charge in [0.1, 0.15) is 11.6 Å². The molecule has 0 saturated carbocycles. The molecular weight excluding hydrogens is 257 g/mol. The van der Waals surface area contributed by atoms with Crippen LogP contribution in [0.15, 0.2) is 24.3 Å². The van der Waals surface area contributed by atoms with E-state index in [0.717, 1.165) is 10.9 Å². The fraction of sp³-hybridized carbons (Fsp3) is 0.333. The van der Waals surface area contributed by atoms with E-state index in [-0.39, 0.29) is 17.8 Å². The average molecular weight is 273 g/mol. The molecule has 1 fully saturated rings. The van der Waals surface area contributed by atoms with Crippen molar-refractivity contribution >= 4 is 22.6 Å². The second kappa shape index (κ2) is 4.74. The van der Waals surface area contributed by atoms with Gasteiger partial charge in [0.2, 0.25) is 5.91 Å². The molecule has 2 aromatic rings. The molecule has 5 heteroatoms. The van der Waals surface area contributed by atoms with Crippen molar-refractivity contribution in [2.75, 3.05) is 18.9 Å². The molecule has 1 aliphatic rings. The van der Waals surface area contributed by atoms with Gasteiger partial charge < -0.3 is 10.2 Å². The summed E-state index contributed by atoms with van der Waals surface area (Å²) in [5.74, 6) is 0.525. The SMILES string of the molecule is Cc1cc(NC2CC(=O)N(C)C2)nc2cc(F)ccc12. The maximum atomic E-state index is 13.3. The number of pyridine rings is 1. The molecule has 2 heterocycles. The van der Waals surface area contributed by atoms with E-state index >= 15 is 0 Å². The Morgan fingerprint density at radius 2 is 2.20 bits per heavy atom. The molecule has 20 heavy (non-hydrogen) atoms. The summed E-state index contributed by atoms with van der Waals surface area (Å²) in [6.07, 6.45) is 0.471. The molecule has 1 aliphatic heterocycles. The molecule has 1 aromatic carbocycles. The van der Waals surface area contributed by atoms with Crippen molar-refractivity contribution in [2.45, 2.75) is 19.4 Å². The van der Waals surface area contributed by atoms with Crippen molar-refractivity contribution in [3.8, 4) is 0 Å². The van der Waals surface area contributed by atoms with Crippen LogP contribution in [0.5, 0.6) is 0 Å². The van der Waals surface area contributed by atoms with Crippen LogP contribution in [0.3, 0.4) is 0 Å². The zero-order chi connectivity index (χ0) is 14.3. The minimum absolute atomic E-state index is 0.0606. The maximum absolute atomic E-state index is 13.3. The summed E-state index contributed by atoms with van der Waals surface area (Å²) in [7, 11) is 1.79. The van der Waals surface area contributed by atoms with Crippen molar-refractivity contribution in [1.82, 2.24) is 9.88 Å². The van der Waals surface area contributed by atoms with Gasteiger partial charge in [0.15, 0.2) is 0 Å². The van der Waals surface area contributed by atoms with Gasteiger partial charge in [-0.05, 0) is 30.7 Å². The number of halogens is 1. The molecule has 1 saturated heterocycles. The van der Waals surface area contributed by atoms with E-state index in [2.05, 4.69) is 10.3 Å². The van der Waals surface area contributed by atoms with Crippen LogP contribution in [0.1, 0.15) is 12.0 Å². The third-order valence-electron chi connectivity index (χ3n) is 3.67. The minimum Gasteiger partial charge on any atom is -0.365 e. The summed E-state index contributed by atoms with van der Waals surface area (Å²) in [5, 5.41) is 4.20. The van der Waals surface area contributed by atoms with E-state index in [9.17, 15) is 9.18 Å². The lowest BCUT2D eigenvalue weighted by Crippen LogP contribution is -2.24. The first kappa shape index (κ1) is 12.8. The molecule has 1 amide bonds. The fourth-order valence-corrected chi connectivity index (χ4v) is 2.62. The van der Waals surface area contributed by atoms with Gasteiger partial charge in [0.25, 0.3) is 0 Å². The number of rotatable bonds is 2. The van der Waals surface area contributed by atoms with Crippen LogP contribution in [-0.2, 0) is 4.79 Å². The van der Waals surface area contributed by atoms with Gasteiger partial charge in [-0.1, -0.05) is 0 Å². The van der Waals surface area contributed by atoms with Crippen molar-refractivity contribution in [3.05, 3.63) is 35.6 Å². The molecule has 4 nitrogen and oxygen atoms in total. The number of benzene rings is 1. The van der Waals surface area contributed by atoms with Crippen LogP contribution >= 0.6 is 0 Å². The van der Waals surface area contributed by atoms with Crippen molar-refractivity contribution < 1.29 is 9.18 Å². The standard InChI is InChI=1S/C15H16FN3O/c1-9-5-14(17-11-7-15(20)19(2)8-11)18-13-6-10(16)3-4-12(9)13/h3-6,11H,7-8H2,1-2H3,(H,17,18). The lowest BCUT2D eigenvalue weighted by Gasteiger charge is -2.14. The summed E-state index contributed by atoms with van der Waals surface area (Å²) in [6, 6.07) is 6.60. The third kappa shape index (κ3) is 2.31. The molecule has 0 radical (unpaired) electrons. The Hall–Kier alpha value is -2.17. The number of anilines is 1. The lowest BCUT2D eigenvalue weighted by atomic mass is 10.1. The predicted molar refractivity (Wildman–Crippen MR) is 76.1 cm³/mol. The van der Waals surface area contributed by atoms with Crippen LogP contribution in [0.4, 0.5) is 10.2 Å². The average Bonchev–Trinajstić information content (AvgIpc) is 2.67. The number of amides is 1. The molecule has 1 N–H and O–H groups in total. The predicted octanol–water partition coefficient (Wildman–Crippen LogP) is 2.32. The Kier molecular flexibility index (Phi) is 3.04. The fourth-order valence-electron chi connectivity index (χ4n) is 2.62. The summed E-state index contributed by atoms with van der Waals surface area (Å²) in [4.78, 5) is 17.6. The highest BCUT2D eigenvalue weighted by molar-refractivity contribution is 5.84. The number of nitrogens with zero attached hydrogens (tertiary/aromatic N) is 2. The first-order chi connectivity index (χ1) is 9.52. The molecule has 0 spiro atoms. The van der Waals surface area contributed by atoms with E-state index in [1.807, 2.05) is 13.0 Å². The number of hydrogen-bond donors (Lipinski definition) is 1. The zero-order valence-electron chi connectivity index (χ0n) is 11.5. The number of hydrogen-bond acceptors (Lipinski definition) is 3. The van der Waals surface area contributed by atoms with Gasteiger partial charge in [-0.3, -0.25) is 4.79 Å². The molecule has 1 aromatic heterocycles. The lowest BCUT2D eigenvalue weighted by molar-refractivity contribution is -0.126. The van der Waals surface area contributed by atoms with Crippen LogP contribution in [-0.4, -0.2) is 35.4 Å². The Morgan fingerprint density at radius 1 is 1.40 bits per heavy atom. The van der Waals surface area contributed by atoms with E-state index in [1.54, 1.807) is 18.0 Å². The van der Waals surface area contributed by atoms with E-state index < -0.39 is 0 Å². The van der Waals surface area contributed by atoms with E-state index in [1.165, 1.54) is 12.1 Å². The van der Waals surface area contributed by atoms with Gasteiger partial charge in [0, 0.05) is 31.5 Å². The number of fused-ring (bicyclic) bond motifs is 1. The quantitative estimate of drug-likeness (QED) is 0.913. The molecule has 1 atom stereocenters. The Morgan fingerprint density at radius 3 is 2.90 bits per heavy atom. The number of aromatic nitrogens is 1. The summed E-state index contributed by atoms with van der Waals surface area (Å²) in [6.45, 7) is 2.64. The minimum atomic E-state index is -0.294. The topological polar surface area (TPSA) is 45.2 Å². The number of aryl methyl sites for hydroxylation is 1. The van der Waals surface area contributed by atoms with Crippen LogP contribution in [0.25, 0.3) is 10.9 Å².